The van der Waals surface area contributed by atoms with Crippen LogP contribution >= 0.6 is 11.3 Å². The minimum absolute atomic E-state index is 0.0333. The first kappa shape index (κ1) is 35.9. The molecule has 0 radical (unpaired) electrons. The van der Waals surface area contributed by atoms with Crippen LogP contribution in [0.5, 0.6) is 5.75 Å². The Bertz CT molecular complexity index is 2330. The zero-order valence-electron chi connectivity index (χ0n) is 26.8. The molecule has 270 valence electrons. The van der Waals surface area contributed by atoms with Gasteiger partial charge in [0.25, 0.3) is 11.8 Å². The van der Waals surface area contributed by atoms with E-state index in [9.17, 15) is 47.4 Å². The molecule has 1 fully saturated rings. The van der Waals surface area contributed by atoms with E-state index in [0.29, 0.717) is 16.3 Å². The Morgan fingerprint density at radius 2 is 1.92 bits per heavy atom. The molecular formula is C26H28N12O11S2. The summed E-state index contributed by atoms with van der Waals surface area (Å²) in [5.41, 5.74) is 1.80. The van der Waals surface area contributed by atoms with E-state index < -0.39 is 74.8 Å². The third-order valence-corrected chi connectivity index (χ3v) is 9.04. The summed E-state index contributed by atoms with van der Waals surface area (Å²) in [4.78, 5) is 87.7. The summed E-state index contributed by atoms with van der Waals surface area (Å²) in [6, 6.07) is -0.390. The molecule has 4 aromatic rings. The number of β-lactam (4-membered cyclic amide) rings is 1. The number of amides is 4. The Hall–Kier alpha value is -6.37. The second-order valence-electron chi connectivity index (χ2n) is 11.3. The van der Waals surface area contributed by atoms with Crippen molar-refractivity contribution in [2.75, 3.05) is 12.3 Å². The quantitative estimate of drug-likeness (QED) is 0.0531. The largest absolute Gasteiger partial charge is 0.503 e. The molecule has 5 rings (SSSR count). The number of nitrogen functional groups attached to an aromatic ring is 1. The van der Waals surface area contributed by atoms with Gasteiger partial charge >= 0.3 is 27.9 Å². The van der Waals surface area contributed by atoms with Gasteiger partial charge in [0.05, 0.1) is 24.5 Å². The molecule has 0 saturated carbocycles. The van der Waals surface area contributed by atoms with Gasteiger partial charge in [-0.25, -0.2) is 24.1 Å². The number of anilines is 1. The summed E-state index contributed by atoms with van der Waals surface area (Å²) in [6.07, 6.45) is 0.905. The normalized spacial score (nSPS) is 15.0. The number of aryl methyl sites for hydroxylation is 2. The summed E-state index contributed by atoms with van der Waals surface area (Å²) >= 11 is 0.930. The van der Waals surface area contributed by atoms with Gasteiger partial charge in [-0.3, -0.25) is 28.5 Å². The zero-order chi connectivity index (χ0) is 37.6. The van der Waals surface area contributed by atoms with E-state index in [4.69, 9.17) is 10.6 Å². The molecule has 5 heterocycles. The maximum Gasteiger partial charge on any atom is 0.362 e. The van der Waals surface area contributed by atoms with E-state index in [1.165, 1.54) is 23.9 Å². The molecule has 1 aliphatic rings. The number of H-pyrrole nitrogens is 1. The highest BCUT2D eigenvalue weighted by Crippen LogP contribution is 2.18. The van der Waals surface area contributed by atoms with Crippen LogP contribution < -0.4 is 26.9 Å². The minimum Gasteiger partial charge on any atom is -0.503 e. The van der Waals surface area contributed by atoms with Crippen molar-refractivity contribution in [3.05, 3.63) is 61.5 Å². The minimum atomic E-state index is -5.15. The first-order valence-corrected chi connectivity index (χ1v) is 16.6. The number of hydrogen-bond donors (Lipinski definition) is 6. The van der Waals surface area contributed by atoms with E-state index in [-0.39, 0.29) is 33.0 Å². The van der Waals surface area contributed by atoms with Gasteiger partial charge in [-0.15, -0.1) is 16.4 Å². The summed E-state index contributed by atoms with van der Waals surface area (Å²) < 4.78 is 30.4. The number of pyridine rings is 1. The van der Waals surface area contributed by atoms with Crippen LogP contribution in [0.1, 0.15) is 30.9 Å². The Morgan fingerprint density at radius 1 is 1.22 bits per heavy atom. The fraction of sp³-hybridized carbons (Fsp3) is 0.308. The van der Waals surface area contributed by atoms with Crippen molar-refractivity contribution in [1.82, 2.24) is 48.4 Å². The number of thiazole rings is 1. The van der Waals surface area contributed by atoms with Crippen LogP contribution in [-0.2, 0) is 43.0 Å². The highest BCUT2D eigenvalue weighted by Gasteiger charge is 2.44. The first-order valence-electron chi connectivity index (χ1n) is 14.3. The SMILES string of the molecule is Cc1cc(Cn2c(-c3cc(=O)c(O)c[nH]3)nn(S(=O)(=O)NC(=O)N3C[C@H](NC(=O)/C(=N\OC(C)(C)C(=O)O)c4csc(N)n4)C3=O)c2=O)nn1C. The monoisotopic (exact) mass is 748 g/mol. The maximum atomic E-state index is 13.4. The van der Waals surface area contributed by atoms with Gasteiger partial charge in [0.2, 0.25) is 11.0 Å². The molecular weight excluding hydrogens is 720 g/mol. The molecule has 0 bridgehead atoms. The lowest BCUT2D eigenvalue weighted by Crippen LogP contribution is -2.68. The van der Waals surface area contributed by atoms with Crippen molar-refractivity contribution in [1.29, 1.82) is 0 Å². The molecule has 7 N–H and O–H groups in total. The van der Waals surface area contributed by atoms with Crippen LogP contribution in [0.25, 0.3) is 11.5 Å². The van der Waals surface area contributed by atoms with Gasteiger partial charge in [0.1, 0.15) is 11.7 Å². The van der Waals surface area contributed by atoms with Gasteiger partial charge < -0.3 is 31.1 Å². The Morgan fingerprint density at radius 3 is 2.49 bits per heavy atom. The van der Waals surface area contributed by atoms with E-state index in [1.807, 2.05) is 0 Å². The highest BCUT2D eigenvalue weighted by molar-refractivity contribution is 7.88. The number of hydrogen-bond acceptors (Lipinski definition) is 16. The Kier molecular flexibility index (Phi) is 9.27. The maximum absolute atomic E-state index is 13.4. The first-order chi connectivity index (χ1) is 23.8. The number of nitrogens with zero attached hydrogens (tertiary/aromatic N) is 8. The average molecular weight is 749 g/mol. The molecule has 0 unspecified atom stereocenters. The topological polar surface area (TPSA) is 321 Å². The van der Waals surface area contributed by atoms with Crippen LogP contribution in [-0.4, -0.2) is 105 Å². The smallest absolute Gasteiger partial charge is 0.362 e. The molecule has 4 aromatic heterocycles. The fourth-order valence-electron chi connectivity index (χ4n) is 4.29. The standard InChI is InChI=1S/C26H28N12O11S2/c1-11-5-12(31-35(11)4)8-36-19(13-6-16(39)17(40)7-28-13)32-38(25(36)46)51(47,48)34-24(45)37-9-14(21(37)42)29-20(41)18(15-10-50-23(27)30-15)33-49-26(2,3)22(43)44/h5-7,10,14,40H,8-9H2,1-4H3,(H2,27,30)(H,28,39)(H,29,41)(H,34,45)(H,43,44)/b33-18-/t14-/m0/s1. The van der Waals surface area contributed by atoms with Crippen molar-refractivity contribution < 1.29 is 42.6 Å². The lowest BCUT2D eigenvalue weighted by Gasteiger charge is -2.36. The third kappa shape index (κ3) is 7.18. The van der Waals surface area contributed by atoms with Gasteiger partial charge in [0, 0.05) is 30.4 Å². The number of carbonyl (C=O) groups is 4. The summed E-state index contributed by atoms with van der Waals surface area (Å²) in [6.45, 7) is 3.20. The molecule has 0 spiro atoms. The number of rotatable bonds is 11. The molecule has 25 heteroatoms. The molecule has 0 aromatic carbocycles. The van der Waals surface area contributed by atoms with Gasteiger partial charge in [0.15, 0.2) is 22.4 Å². The molecule has 4 amide bonds. The average Bonchev–Trinajstić information content (AvgIpc) is 3.72. The van der Waals surface area contributed by atoms with Crippen molar-refractivity contribution in [3.8, 4) is 17.3 Å². The Labute approximate surface area is 289 Å². The van der Waals surface area contributed by atoms with Crippen LogP contribution in [0, 0.1) is 6.92 Å². The second-order valence-corrected chi connectivity index (χ2v) is 13.7. The van der Waals surface area contributed by atoms with Crippen LogP contribution in [0.4, 0.5) is 9.93 Å². The number of imide groups is 1. The number of nitrogens with two attached hydrogens (primary N) is 1. The fourth-order valence-corrected chi connectivity index (χ4v) is 5.75. The van der Waals surface area contributed by atoms with Crippen molar-refractivity contribution in [2.45, 2.75) is 39.0 Å². The Balaban J connectivity index is 1.34. The van der Waals surface area contributed by atoms with Crippen molar-refractivity contribution in [3.63, 3.8) is 0 Å². The van der Waals surface area contributed by atoms with Gasteiger partial charge in [-0.2, -0.15) is 13.5 Å². The number of aromatic amines is 1. The zero-order valence-corrected chi connectivity index (χ0v) is 28.5. The summed E-state index contributed by atoms with van der Waals surface area (Å²) in [5, 5.41) is 34.2. The molecule has 0 aliphatic carbocycles. The molecule has 1 aliphatic heterocycles. The highest BCUT2D eigenvalue weighted by atomic mass is 32.2. The molecule has 23 nitrogen and oxygen atoms in total. The lowest BCUT2D eigenvalue weighted by atomic mass is 10.1. The summed E-state index contributed by atoms with van der Waals surface area (Å²) in [7, 11) is -3.52. The van der Waals surface area contributed by atoms with E-state index in [0.717, 1.165) is 28.2 Å². The predicted octanol–water partition coefficient (Wildman–Crippen LogP) is -2.35. The number of carboxylic acid groups (broad SMARTS) is 1. The number of carbonyl (C=O) groups excluding carboxylic acids is 3. The lowest BCUT2D eigenvalue weighted by molar-refractivity contribution is -0.161. The third-order valence-electron chi connectivity index (χ3n) is 7.24. The number of aliphatic carboxylic acids is 1. The second kappa shape index (κ2) is 13.2. The van der Waals surface area contributed by atoms with Crippen LogP contribution in [0.3, 0.4) is 0 Å². The molecule has 1 atom stereocenters. The number of carboxylic acids is 1. The number of oxime groups is 1. The van der Waals surface area contributed by atoms with Crippen LogP contribution in [0.15, 0.2) is 38.5 Å². The van der Waals surface area contributed by atoms with E-state index >= 15 is 0 Å². The number of likely N-dealkylation sites (tertiary alicyclic amines) is 1. The van der Waals surface area contributed by atoms with E-state index in [2.05, 4.69) is 30.6 Å². The molecule has 51 heavy (non-hydrogen) atoms. The number of aromatic nitrogens is 7. The van der Waals surface area contributed by atoms with Crippen molar-refractivity contribution >= 4 is 56.2 Å². The number of aromatic hydroxyl groups is 1. The molecule has 1 saturated heterocycles. The van der Waals surface area contributed by atoms with Crippen LogP contribution in [0.2, 0.25) is 0 Å². The van der Waals surface area contributed by atoms with Crippen molar-refractivity contribution in [2.24, 2.45) is 12.2 Å². The van der Waals surface area contributed by atoms with Gasteiger partial charge in [-0.05, 0) is 26.8 Å². The summed E-state index contributed by atoms with van der Waals surface area (Å²) in [5.74, 6) is -4.57. The number of urea groups is 1. The number of nitrogens with one attached hydrogen (secondary N) is 3. The van der Waals surface area contributed by atoms with Gasteiger partial charge in [-0.1, -0.05) is 9.24 Å². The van der Waals surface area contributed by atoms with E-state index in [1.54, 1.807) is 24.8 Å². The predicted molar refractivity (Wildman–Crippen MR) is 174 cm³/mol.